The Morgan fingerprint density at radius 1 is 1.24 bits per heavy atom. The molecule has 1 aliphatic heterocycles. The van der Waals surface area contributed by atoms with Gasteiger partial charge in [-0.1, -0.05) is 26.0 Å². The first-order chi connectivity index (χ1) is 13.5. The highest BCUT2D eigenvalue weighted by molar-refractivity contribution is 5.86. The zero-order valence-corrected chi connectivity index (χ0v) is 17.8. The molecule has 3 N–H and O–H groups in total. The number of hydrogen-bond donors (Lipinski definition) is 3. The van der Waals surface area contributed by atoms with Crippen molar-refractivity contribution in [3.8, 4) is 0 Å². The van der Waals surface area contributed by atoms with E-state index < -0.39 is 54.6 Å². The van der Waals surface area contributed by atoms with E-state index in [-0.39, 0.29) is 30.6 Å². The lowest BCUT2D eigenvalue weighted by Gasteiger charge is -2.29. The number of epoxide rings is 1. The van der Waals surface area contributed by atoms with E-state index in [1.807, 2.05) is 26.0 Å². The van der Waals surface area contributed by atoms with Crippen LogP contribution in [0.4, 0.5) is 0 Å². The van der Waals surface area contributed by atoms with Crippen LogP contribution in [0.5, 0.6) is 0 Å². The summed E-state index contributed by atoms with van der Waals surface area (Å²) in [4.78, 5) is 36.0. The van der Waals surface area contributed by atoms with Crippen LogP contribution >= 0.6 is 0 Å². The molecule has 29 heavy (non-hydrogen) atoms. The molecule has 0 aromatic rings. The fraction of sp³-hybridized carbons (Fsp3) is 0.762. The summed E-state index contributed by atoms with van der Waals surface area (Å²) >= 11 is 0. The van der Waals surface area contributed by atoms with Gasteiger partial charge in [0.1, 0.15) is 23.8 Å². The third-order valence-corrected chi connectivity index (χ3v) is 5.52. The second-order valence-electron chi connectivity index (χ2n) is 7.82. The number of ether oxygens (including phenoxy) is 2. The highest BCUT2D eigenvalue weighted by Crippen LogP contribution is 2.46. The molecule has 166 valence electrons. The minimum absolute atomic E-state index is 0.00877. The second-order valence-corrected chi connectivity index (χ2v) is 7.82. The molecule has 1 rings (SSSR count). The van der Waals surface area contributed by atoms with Gasteiger partial charge in [-0.25, -0.2) is 0 Å². The molecular weight excluding hydrogens is 380 g/mol. The minimum atomic E-state index is -1.39. The number of carbonyl (C=O) groups excluding carboxylic acids is 3. The average molecular weight is 414 g/mol. The van der Waals surface area contributed by atoms with Gasteiger partial charge in [0.2, 0.25) is 0 Å². The Labute approximate surface area is 171 Å². The summed E-state index contributed by atoms with van der Waals surface area (Å²) in [7, 11) is 0. The predicted octanol–water partition coefficient (Wildman–Crippen LogP) is 0.804. The summed E-state index contributed by atoms with van der Waals surface area (Å²) in [5.41, 5.74) is -1.04. The Kier molecular flexibility index (Phi) is 9.61. The van der Waals surface area contributed by atoms with E-state index in [4.69, 9.17) is 9.47 Å². The molecular formula is C21H34O8. The monoisotopic (exact) mass is 414 g/mol. The number of allylic oxidation sites excluding steroid dienone is 1. The van der Waals surface area contributed by atoms with Crippen molar-refractivity contribution in [3.05, 3.63) is 12.2 Å². The van der Waals surface area contributed by atoms with Crippen LogP contribution < -0.4 is 0 Å². The zero-order chi connectivity index (χ0) is 22.4. The maximum Gasteiger partial charge on any atom is 0.302 e. The average Bonchev–Trinajstić information content (AvgIpc) is 3.35. The van der Waals surface area contributed by atoms with Crippen molar-refractivity contribution in [1.82, 2.24) is 0 Å². The topological polar surface area (TPSA) is 134 Å². The number of aliphatic hydroxyl groups excluding tert-OH is 3. The first-order valence-corrected chi connectivity index (χ1v) is 9.99. The molecule has 0 aromatic heterocycles. The van der Waals surface area contributed by atoms with Crippen LogP contribution in [0.2, 0.25) is 0 Å². The maximum absolute atomic E-state index is 13.1. The van der Waals surface area contributed by atoms with Gasteiger partial charge < -0.3 is 24.8 Å². The maximum atomic E-state index is 13.1. The lowest BCUT2D eigenvalue weighted by Crippen LogP contribution is -2.48. The normalized spacial score (nSPS) is 26.4. The van der Waals surface area contributed by atoms with Crippen LogP contribution in [-0.4, -0.2) is 70.0 Å². The van der Waals surface area contributed by atoms with Crippen molar-refractivity contribution in [2.45, 2.75) is 71.4 Å². The molecule has 8 nitrogen and oxygen atoms in total. The van der Waals surface area contributed by atoms with Gasteiger partial charge in [-0.15, -0.1) is 0 Å². The lowest BCUT2D eigenvalue weighted by molar-refractivity contribution is -0.150. The third kappa shape index (κ3) is 6.44. The Hall–Kier alpha value is -1.61. The summed E-state index contributed by atoms with van der Waals surface area (Å²) in [6.07, 6.45) is 0.650. The van der Waals surface area contributed by atoms with Crippen LogP contribution in [0.25, 0.3) is 0 Å². The van der Waals surface area contributed by atoms with Gasteiger partial charge in [-0.3, -0.25) is 14.4 Å². The van der Waals surface area contributed by atoms with E-state index in [0.717, 1.165) is 0 Å². The van der Waals surface area contributed by atoms with Crippen molar-refractivity contribution in [2.75, 3.05) is 13.2 Å². The van der Waals surface area contributed by atoms with Gasteiger partial charge in [0.05, 0.1) is 36.8 Å². The van der Waals surface area contributed by atoms with E-state index in [9.17, 15) is 29.7 Å². The van der Waals surface area contributed by atoms with E-state index in [0.29, 0.717) is 0 Å². The van der Waals surface area contributed by atoms with Crippen LogP contribution in [0.15, 0.2) is 12.2 Å². The molecule has 1 heterocycles. The van der Waals surface area contributed by atoms with Crippen molar-refractivity contribution in [2.24, 2.45) is 17.8 Å². The van der Waals surface area contributed by atoms with Crippen LogP contribution in [0.1, 0.15) is 47.5 Å². The molecule has 1 unspecified atom stereocenters. The molecule has 1 fully saturated rings. The molecule has 0 aromatic carbocycles. The molecule has 7 atom stereocenters. The molecule has 0 saturated carbocycles. The Morgan fingerprint density at radius 3 is 2.34 bits per heavy atom. The summed E-state index contributed by atoms with van der Waals surface area (Å²) in [5, 5.41) is 30.9. The predicted molar refractivity (Wildman–Crippen MR) is 105 cm³/mol. The molecule has 1 aliphatic rings. The number of rotatable bonds is 13. The lowest BCUT2D eigenvalue weighted by atomic mass is 9.79. The van der Waals surface area contributed by atoms with E-state index in [1.165, 1.54) is 6.92 Å². The fourth-order valence-electron chi connectivity index (χ4n) is 3.64. The molecule has 0 radical (unpaired) electrons. The molecule has 1 saturated heterocycles. The largest absolute Gasteiger partial charge is 0.465 e. The van der Waals surface area contributed by atoms with Crippen LogP contribution in [0.3, 0.4) is 0 Å². The zero-order valence-electron chi connectivity index (χ0n) is 17.8. The third-order valence-electron chi connectivity index (χ3n) is 5.52. The summed E-state index contributed by atoms with van der Waals surface area (Å²) in [6.45, 7) is 7.15. The van der Waals surface area contributed by atoms with Gasteiger partial charge in [0, 0.05) is 25.7 Å². The van der Waals surface area contributed by atoms with Crippen molar-refractivity contribution in [3.63, 3.8) is 0 Å². The molecule has 8 heteroatoms. The quantitative estimate of drug-likeness (QED) is 0.229. The second kappa shape index (κ2) is 11.0. The molecule has 0 amide bonds. The van der Waals surface area contributed by atoms with Gasteiger partial charge in [0.15, 0.2) is 0 Å². The SMILES string of the molecule is C/C=C\[C@H](C)[C@H]1OC1(C)[C@@H](O)[C@@H](COC(C)=O)C(=O)[C@H](CO)[C@@H](O)CC(=O)CC. The van der Waals surface area contributed by atoms with Gasteiger partial charge in [-0.2, -0.15) is 0 Å². The van der Waals surface area contributed by atoms with Gasteiger partial charge in [-0.05, 0) is 13.8 Å². The summed E-state index contributed by atoms with van der Waals surface area (Å²) < 4.78 is 10.7. The summed E-state index contributed by atoms with van der Waals surface area (Å²) in [6, 6.07) is 0. The Bertz CT molecular complexity index is 616. The minimum Gasteiger partial charge on any atom is -0.465 e. The van der Waals surface area contributed by atoms with Gasteiger partial charge >= 0.3 is 5.97 Å². The van der Waals surface area contributed by atoms with Crippen molar-refractivity contribution >= 4 is 17.5 Å². The van der Waals surface area contributed by atoms with Crippen LogP contribution in [-0.2, 0) is 23.9 Å². The highest BCUT2D eigenvalue weighted by atomic mass is 16.6. The first-order valence-electron chi connectivity index (χ1n) is 9.99. The Morgan fingerprint density at radius 2 is 1.86 bits per heavy atom. The number of aliphatic hydroxyl groups is 3. The van der Waals surface area contributed by atoms with Crippen molar-refractivity contribution in [1.29, 1.82) is 0 Å². The van der Waals surface area contributed by atoms with Crippen molar-refractivity contribution < 1.29 is 39.2 Å². The fourth-order valence-corrected chi connectivity index (χ4v) is 3.64. The van der Waals surface area contributed by atoms with E-state index >= 15 is 0 Å². The number of Topliss-reactive ketones (excluding diaryl/α,β-unsaturated/α-hetero) is 2. The summed E-state index contributed by atoms with van der Waals surface area (Å²) in [5.74, 6) is -4.06. The van der Waals surface area contributed by atoms with E-state index in [2.05, 4.69) is 0 Å². The number of carbonyl (C=O) groups is 3. The Balaban J connectivity index is 3.05. The van der Waals surface area contributed by atoms with Crippen LogP contribution in [0, 0.1) is 17.8 Å². The first kappa shape index (κ1) is 25.4. The number of ketones is 2. The molecule has 0 aliphatic carbocycles. The smallest absolute Gasteiger partial charge is 0.302 e. The van der Waals surface area contributed by atoms with E-state index in [1.54, 1.807) is 13.8 Å². The molecule has 0 spiro atoms. The highest BCUT2D eigenvalue weighted by Gasteiger charge is 2.62. The number of esters is 1. The van der Waals surface area contributed by atoms with Gasteiger partial charge in [0.25, 0.3) is 0 Å². The number of hydrogen-bond acceptors (Lipinski definition) is 8. The molecule has 0 bridgehead atoms. The standard InChI is InChI=1S/C21H34O8/c1-6-8-12(3)20-21(5,29-20)19(27)16(11-28-13(4)23)18(26)15(10-22)17(25)9-14(24)7-2/h6,8,12,15-17,19-20,22,25,27H,7,9-11H2,1-5H3/b8-6-/t12-,15+,16-,17-,19-,20+,21?/m0/s1.